The van der Waals surface area contributed by atoms with Crippen molar-refractivity contribution in [2.75, 3.05) is 5.75 Å². The van der Waals surface area contributed by atoms with Gasteiger partial charge in [-0.05, 0) is 17.7 Å². The zero-order valence-corrected chi connectivity index (χ0v) is 12.6. The van der Waals surface area contributed by atoms with Crippen LogP contribution in [0.15, 0.2) is 22.7 Å². The highest BCUT2D eigenvalue weighted by molar-refractivity contribution is 9.10. The van der Waals surface area contributed by atoms with Gasteiger partial charge in [0.1, 0.15) is 11.9 Å². The topological polar surface area (TPSA) is 66.4 Å². The number of carbonyl (C=O) groups is 2. The molecule has 0 bridgehead atoms. The van der Waals surface area contributed by atoms with Crippen molar-refractivity contribution < 1.29 is 19.1 Å². The minimum Gasteiger partial charge on any atom is -0.480 e. The van der Waals surface area contributed by atoms with E-state index in [9.17, 15) is 14.0 Å². The molecule has 7 heteroatoms. The van der Waals surface area contributed by atoms with Crippen LogP contribution in [0, 0.1) is 5.82 Å². The van der Waals surface area contributed by atoms with Crippen molar-refractivity contribution >= 4 is 39.6 Å². The highest BCUT2D eigenvalue weighted by Crippen LogP contribution is 2.23. The molecule has 4 nitrogen and oxygen atoms in total. The van der Waals surface area contributed by atoms with Crippen molar-refractivity contribution in [2.45, 2.75) is 18.7 Å². The van der Waals surface area contributed by atoms with Crippen molar-refractivity contribution in [2.24, 2.45) is 0 Å². The van der Waals surface area contributed by atoms with E-state index in [1.807, 2.05) is 0 Å². The molecular weight excluding hydrogens is 337 g/mol. The molecule has 0 spiro atoms. The van der Waals surface area contributed by atoms with E-state index in [2.05, 4.69) is 21.2 Å². The summed E-state index contributed by atoms with van der Waals surface area (Å²) in [6, 6.07) is 3.43. The van der Waals surface area contributed by atoms with Crippen molar-refractivity contribution in [1.29, 1.82) is 0 Å². The van der Waals surface area contributed by atoms with Crippen molar-refractivity contribution in [3.8, 4) is 0 Å². The lowest BCUT2D eigenvalue weighted by Crippen LogP contribution is -2.41. The fraction of sp³-hybridized carbons (Fsp3) is 0.333. The first kappa shape index (κ1) is 16.0. The first-order valence-electron chi connectivity index (χ1n) is 5.41. The molecule has 19 heavy (non-hydrogen) atoms. The van der Waals surface area contributed by atoms with E-state index in [-0.39, 0.29) is 17.5 Å². The van der Waals surface area contributed by atoms with Gasteiger partial charge in [-0.1, -0.05) is 22.0 Å². The zero-order valence-electron chi connectivity index (χ0n) is 10.2. The van der Waals surface area contributed by atoms with Gasteiger partial charge < -0.3 is 10.4 Å². The van der Waals surface area contributed by atoms with Crippen molar-refractivity contribution in [3.63, 3.8) is 0 Å². The summed E-state index contributed by atoms with van der Waals surface area (Å²) in [5.41, 5.74) is 0.873. The number of carboxylic acid groups (broad SMARTS) is 1. The van der Waals surface area contributed by atoms with E-state index in [0.717, 1.165) is 5.56 Å². The Labute approximate surface area is 122 Å². The summed E-state index contributed by atoms with van der Waals surface area (Å²) in [7, 11) is 0. The molecule has 0 saturated carbocycles. The minimum atomic E-state index is -1.07. The number of hydrogen-bond donors (Lipinski definition) is 2. The molecule has 0 aliphatic carbocycles. The largest absolute Gasteiger partial charge is 0.480 e. The Kier molecular flexibility index (Phi) is 6.30. The Morgan fingerprint density at radius 3 is 2.74 bits per heavy atom. The first-order chi connectivity index (χ1) is 8.90. The van der Waals surface area contributed by atoms with Crippen molar-refractivity contribution in [3.05, 3.63) is 34.1 Å². The number of amides is 1. The van der Waals surface area contributed by atoms with Gasteiger partial charge >= 0.3 is 5.97 Å². The number of halogens is 2. The van der Waals surface area contributed by atoms with Crippen LogP contribution in [0.25, 0.3) is 0 Å². The number of benzene rings is 1. The van der Waals surface area contributed by atoms with Gasteiger partial charge in [-0.2, -0.15) is 11.8 Å². The number of rotatable bonds is 6. The highest BCUT2D eigenvalue weighted by Gasteiger charge is 2.18. The normalized spacial score (nSPS) is 11.9. The molecule has 1 aromatic rings. The van der Waals surface area contributed by atoms with Crippen LogP contribution in [0.4, 0.5) is 4.39 Å². The monoisotopic (exact) mass is 349 g/mol. The van der Waals surface area contributed by atoms with E-state index in [1.54, 1.807) is 6.07 Å². The van der Waals surface area contributed by atoms with Gasteiger partial charge in [0.05, 0.1) is 0 Å². The van der Waals surface area contributed by atoms with Gasteiger partial charge in [-0.25, -0.2) is 9.18 Å². The lowest BCUT2D eigenvalue weighted by Gasteiger charge is -2.13. The highest BCUT2D eigenvalue weighted by atomic mass is 79.9. The van der Waals surface area contributed by atoms with E-state index in [4.69, 9.17) is 5.11 Å². The SMILES string of the molecule is CC(=O)N[C@@H](CSCc1ccc(F)cc1Br)C(=O)O. The van der Waals surface area contributed by atoms with Gasteiger partial charge in [0, 0.05) is 22.9 Å². The number of aliphatic carboxylic acids is 1. The molecular formula is C12H13BrFNO3S. The smallest absolute Gasteiger partial charge is 0.327 e. The summed E-state index contributed by atoms with van der Waals surface area (Å²) in [4.78, 5) is 21.8. The fourth-order valence-electron chi connectivity index (χ4n) is 1.35. The molecule has 0 aliphatic rings. The van der Waals surface area contributed by atoms with Crippen LogP contribution < -0.4 is 5.32 Å². The summed E-state index contributed by atoms with van der Waals surface area (Å²) < 4.78 is 13.5. The Morgan fingerprint density at radius 1 is 1.53 bits per heavy atom. The second-order valence-electron chi connectivity index (χ2n) is 3.84. The number of carboxylic acids is 1. The molecule has 0 aliphatic heterocycles. The minimum absolute atomic E-state index is 0.249. The van der Waals surface area contributed by atoms with Gasteiger partial charge in [0.25, 0.3) is 0 Å². The molecule has 1 atom stereocenters. The molecule has 0 radical (unpaired) electrons. The Morgan fingerprint density at radius 2 is 2.21 bits per heavy atom. The summed E-state index contributed by atoms with van der Waals surface area (Å²) in [5, 5.41) is 11.3. The third kappa shape index (κ3) is 5.61. The molecule has 1 rings (SSSR count). The Bertz CT molecular complexity index is 484. The summed E-state index contributed by atoms with van der Waals surface area (Å²) >= 11 is 4.60. The van der Waals surface area contributed by atoms with Gasteiger partial charge in [-0.15, -0.1) is 0 Å². The molecule has 0 fully saturated rings. The van der Waals surface area contributed by atoms with Gasteiger partial charge in [0.2, 0.25) is 5.91 Å². The van der Waals surface area contributed by atoms with E-state index < -0.39 is 12.0 Å². The van der Waals surface area contributed by atoms with Crippen LogP contribution >= 0.6 is 27.7 Å². The third-order valence-corrected chi connectivity index (χ3v) is 4.06. The van der Waals surface area contributed by atoms with Crippen LogP contribution in [0.3, 0.4) is 0 Å². The average molecular weight is 350 g/mol. The molecule has 1 aromatic carbocycles. The number of hydrogen-bond acceptors (Lipinski definition) is 3. The zero-order chi connectivity index (χ0) is 14.4. The fourth-order valence-corrected chi connectivity index (χ4v) is 3.07. The molecule has 0 unspecified atom stereocenters. The van der Waals surface area contributed by atoms with E-state index in [1.165, 1.54) is 30.8 Å². The van der Waals surface area contributed by atoms with Crippen LogP contribution in [0.1, 0.15) is 12.5 Å². The van der Waals surface area contributed by atoms with Gasteiger partial charge in [0.15, 0.2) is 0 Å². The Hall–Kier alpha value is -1.08. The second kappa shape index (κ2) is 7.49. The standard InChI is InChI=1S/C12H13BrFNO3S/c1-7(16)15-11(12(17)18)6-19-5-8-2-3-9(14)4-10(8)13/h2-4,11H,5-6H2,1H3,(H,15,16)(H,17,18)/t11-/m0/s1. The predicted octanol–water partition coefficient (Wildman–Crippen LogP) is 2.41. The molecule has 104 valence electrons. The number of thioether (sulfide) groups is 1. The number of carbonyl (C=O) groups excluding carboxylic acids is 1. The van der Waals surface area contributed by atoms with E-state index in [0.29, 0.717) is 10.2 Å². The molecule has 2 N–H and O–H groups in total. The van der Waals surface area contributed by atoms with Crippen LogP contribution in [0.5, 0.6) is 0 Å². The maximum absolute atomic E-state index is 12.9. The maximum atomic E-state index is 12.9. The molecule has 0 heterocycles. The summed E-state index contributed by atoms with van der Waals surface area (Å²) in [5.74, 6) is -0.998. The Balaban J connectivity index is 2.52. The lowest BCUT2D eigenvalue weighted by atomic mass is 10.2. The van der Waals surface area contributed by atoms with Gasteiger partial charge in [-0.3, -0.25) is 4.79 Å². The van der Waals surface area contributed by atoms with Crippen LogP contribution in [-0.4, -0.2) is 28.8 Å². The maximum Gasteiger partial charge on any atom is 0.327 e. The van der Waals surface area contributed by atoms with Crippen LogP contribution in [0.2, 0.25) is 0 Å². The van der Waals surface area contributed by atoms with E-state index >= 15 is 0 Å². The molecule has 1 amide bonds. The molecule has 0 aromatic heterocycles. The van der Waals surface area contributed by atoms with Crippen LogP contribution in [-0.2, 0) is 15.3 Å². The molecule has 0 saturated heterocycles. The lowest BCUT2D eigenvalue weighted by molar-refractivity contribution is -0.140. The summed E-state index contributed by atoms with van der Waals surface area (Å²) in [6.45, 7) is 1.27. The quantitative estimate of drug-likeness (QED) is 0.827. The summed E-state index contributed by atoms with van der Waals surface area (Å²) in [6.07, 6.45) is 0. The first-order valence-corrected chi connectivity index (χ1v) is 7.36. The second-order valence-corrected chi connectivity index (χ2v) is 5.73. The van der Waals surface area contributed by atoms with Crippen molar-refractivity contribution in [1.82, 2.24) is 5.32 Å². The third-order valence-electron chi connectivity index (χ3n) is 2.23. The average Bonchev–Trinajstić information content (AvgIpc) is 2.29. The number of nitrogens with one attached hydrogen (secondary N) is 1. The predicted molar refractivity (Wildman–Crippen MR) is 75.5 cm³/mol.